The molecule has 0 aliphatic heterocycles. The smallest absolute Gasteiger partial charge is 0.277 e. The molecule has 0 saturated carbocycles. The van der Waals surface area contributed by atoms with Crippen molar-refractivity contribution in [3.63, 3.8) is 0 Å². The minimum Gasteiger partial charge on any atom is -0.463 e. The lowest BCUT2D eigenvalue weighted by molar-refractivity contribution is 0.102. The van der Waals surface area contributed by atoms with Crippen molar-refractivity contribution < 1.29 is 9.21 Å². The molecule has 0 fully saturated rings. The number of hydrogen-bond donors (Lipinski definition) is 2. The van der Waals surface area contributed by atoms with Gasteiger partial charge in [0.05, 0.1) is 6.26 Å². The summed E-state index contributed by atoms with van der Waals surface area (Å²) in [4.78, 5) is 11.9. The van der Waals surface area contributed by atoms with E-state index in [0.29, 0.717) is 17.3 Å². The highest BCUT2D eigenvalue weighted by molar-refractivity contribution is 6.02. The van der Waals surface area contributed by atoms with Crippen LogP contribution in [-0.4, -0.2) is 25.9 Å². The lowest BCUT2D eigenvalue weighted by Crippen LogP contribution is -2.12. The van der Waals surface area contributed by atoms with Gasteiger partial charge in [-0.1, -0.05) is 0 Å². The van der Waals surface area contributed by atoms with E-state index in [1.165, 1.54) is 0 Å². The zero-order chi connectivity index (χ0) is 13.2. The van der Waals surface area contributed by atoms with Gasteiger partial charge in [0.25, 0.3) is 5.91 Å². The van der Waals surface area contributed by atoms with Crippen LogP contribution in [0.1, 0.15) is 10.5 Å². The number of carbonyl (C=O) groups excluding carboxylic acids is 1. The summed E-state index contributed by atoms with van der Waals surface area (Å²) in [5.41, 5.74) is 0.924. The largest absolute Gasteiger partial charge is 0.463 e. The molecule has 0 atom stereocenters. The second kappa shape index (κ2) is 4.45. The highest BCUT2D eigenvalue weighted by Gasteiger charge is 2.13. The first-order chi connectivity index (χ1) is 9.22. The molecule has 96 valence electrons. The minimum atomic E-state index is -0.326. The molecule has 0 spiro atoms. The molecule has 0 aliphatic carbocycles. The summed E-state index contributed by atoms with van der Waals surface area (Å²) in [6.07, 6.45) is 3.30. The maximum Gasteiger partial charge on any atom is 0.277 e. The number of amides is 1. The maximum atomic E-state index is 11.9. The molecule has 3 aromatic heterocycles. The van der Waals surface area contributed by atoms with E-state index in [4.69, 9.17) is 4.42 Å². The molecule has 0 saturated heterocycles. The van der Waals surface area contributed by atoms with E-state index in [0.717, 1.165) is 0 Å². The highest BCUT2D eigenvalue weighted by atomic mass is 16.3. The number of nitrogens with one attached hydrogen (secondary N) is 2. The predicted molar refractivity (Wildman–Crippen MR) is 67.5 cm³/mol. The van der Waals surface area contributed by atoms with Crippen molar-refractivity contribution in [2.45, 2.75) is 0 Å². The van der Waals surface area contributed by atoms with E-state index in [9.17, 15) is 4.79 Å². The topological polar surface area (TPSA) is 88.7 Å². The normalized spacial score (nSPS) is 10.6. The maximum absolute atomic E-state index is 11.9. The van der Waals surface area contributed by atoms with Gasteiger partial charge in [0.15, 0.2) is 17.3 Å². The first-order valence-corrected chi connectivity index (χ1v) is 5.62. The highest BCUT2D eigenvalue weighted by Crippen LogP contribution is 2.18. The number of anilines is 1. The van der Waals surface area contributed by atoms with Crippen molar-refractivity contribution in [1.82, 2.24) is 20.0 Å². The van der Waals surface area contributed by atoms with E-state index in [-0.39, 0.29) is 11.6 Å². The van der Waals surface area contributed by atoms with Gasteiger partial charge in [-0.25, -0.2) is 0 Å². The first kappa shape index (κ1) is 11.3. The number of furan rings is 1. The Labute approximate surface area is 108 Å². The average Bonchev–Trinajstić information content (AvgIpc) is 3.08. The molecule has 0 bridgehead atoms. The van der Waals surface area contributed by atoms with Gasteiger partial charge in [-0.15, -0.1) is 0 Å². The summed E-state index contributed by atoms with van der Waals surface area (Å²) < 4.78 is 6.82. The number of carbonyl (C=O) groups is 1. The number of nitrogens with zero attached hydrogens (tertiary/aromatic N) is 3. The number of aromatic amines is 1. The Morgan fingerprint density at radius 2 is 2.37 bits per heavy atom. The van der Waals surface area contributed by atoms with Gasteiger partial charge in [-0.2, -0.15) is 10.2 Å². The van der Waals surface area contributed by atoms with Crippen LogP contribution < -0.4 is 5.32 Å². The number of hydrogen-bond acceptors (Lipinski definition) is 4. The van der Waals surface area contributed by atoms with Gasteiger partial charge in [-0.3, -0.25) is 14.6 Å². The van der Waals surface area contributed by atoms with E-state index < -0.39 is 0 Å². The quantitative estimate of drug-likeness (QED) is 0.746. The number of aryl methyl sites for hydroxylation is 1. The molecule has 7 nitrogen and oxygen atoms in total. The monoisotopic (exact) mass is 257 g/mol. The Morgan fingerprint density at radius 3 is 3.05 bits per heavy atom. The lowest BCUT2D eigenvalue weighted by Gasteiger charge is -1.96. The third-order valence-corrected chi connectivity index (χ3v) is 2.55. The van der Waals surface area contributed by atoms with Crippen molar-refractivity contribution >= 4 is 11.7 Å². The molecule has 7 heteroatoms. The molecule has 3 rings (SSSR count). The van der Waals surface area contributed by atoms with Gasteiger partial charge in [0, 0.05) is 25.4 Å². The van der Waals surface area contributed by atoms with Crippen molar-refractivity contribution in [2.24, 2.45) is 7.05 Å². The second-order valence-corrected chi connectivity index (χ2v) is 3.97. The third-order valence-electron chi connectivity index (χ3n) is 2.55. The summed E-state index contributed by atoms with van der Waals surface area (Å²) in [7, 11) is 1.78. The fourth-order valence-electron chi connectivity index (χ4n) is 1.66. The molecular weight excluding hydrogens is 246 g/mol. The van der Waals surface area contributed by atoms with Crippen LogP contribution >= 0.6 is 0 Å². The van der Waals surface area contributed by atoms with E-state index in [2.05, 4.69) is 20.6 Å². The van der Waals surface area contributed by atoms with Crippen molar-refractivity contribution in [2.75, 3.05) is 5.32 Å². The van der Waals surface area contributed by atoms with Gasteiger partial charge in [0.1, 0.15) is 5.69 Å². The summed E-state index contributed by atoms with van der Waals surface area (Å²) >= 11 is 0. The van der Waals surface area contributed by atoms with Crippen molar-refractivity contribution in [1.29, 1.82) is 0 Å². The first-order valence-electron chi connectivity index (χ1n) is 5.62. The van der Waals surface area contributed by atoms with Gasteiger partial charge in [0.2, 0.25) is 0 Å². The SMILES string of the molecule is Cn1ccc(NC(=O)c2cc(-c3ccco3)[nH]n2)n1. The summed E-state index contributed by atoms with van der Waals surface area (Å²) in [5, 5.41) is 13.4. The summed E-state index contributed by atoms with van der Waals surface area (Å²) in [6, 6.07) is 6.88. The number of H-pyrrole nitrogens is 1. The van der Waals surface area contributed by atoms with Crippen molar-refractivity contribution in [3.05, 3.63) is 42.4 Å². The van der Waals surface area contributed by atoms with Gasteiger partial charge >= 0.3 is 0 Å². The summed E-state index contributed by atoms with van der Waals surface area (Å²) in [5.74, 6) is 0.784. The molecule has 19 heavy (non-hydrogen) atoms. The van der Waals surface area contributed by atoms with Crippen LogP contribution in [0, 0.1) is 0 Å². The fourth-order valence-corrected chi connectivity index (χ4v) is 1.66. The molecule has 0 unspecified atom stereocenters. The average molecular weight is 257 g/mol. The van der Waals surface area contributed by atoms with Crippen LogP contribution in [0.15, 0.2) is 41.1 Å². The molecule has 2 N–H and O–H groups in total. The summed E-state index contributed by atoms with van der Waals surface area (Å²) in [6.45, 7) is 0. The standard InChI is InChI=1S/C12H11N5O2/c1-17-5-4-11(16-17)13-12(18)9-7-8(14-15-9)10-3-2-6-19-10/h2-7H,1H3,(H,14,15)(H,13,16,18). The Bertz CT molecular complexity index is 695. The van der Waals surface area contributed by atoms with Crippen LogP contribution in [0.25, 0.3) is 11.5 Å². The van der Waals surface area contributed by atoms with Crippen molar-refractivity contribution in [3.8, 4) is 11.5 Å². The van der Waals surface area contributed by atoms with E-state index in [1.54, 1.807) is 48.5 Å². The number of rotatable bonds is 3. The Kier molecular flexibility index (Phi) is 2.64. The number of aromatic nitrogens is 4. The molecule has 1 amide bonds. The zero-order valence-corrected chi connectivity index (χ0v) is 10.1. The van der Waals surface area contributed by atoms with Crippen LogP contribution in [-0.2, 0) is 7.05 Å². The van der Waals surface area contributed by atoms with E-state index in [1.807, 2.05) is 0 Å². The Morgan fingerprint density at radius 1 is 1.47 bits per heavy atom. The minimum absolute atomic E-state index is 0.275. The van der Waals surface area contributed by atoms with E-state index >= 15 is 0 Å². The molecule has 0 radical (unpaired) electrons. The lowest BCUT2D eigenvalue weighted by atomic mass is 10.3. The predicted octanol–water partition coefficient (Wildman–Crippen LogP) is 1.66. The van der Waals surface area contributed by atoms with Crippen LogP contribution in [0.3, 0.4) is 0 Å². The Hall–Kier alpha value is -2.83. The van der Waals surface area contributed by atoms with Crippen LogP contribution in [0.4, 0.5) is 5.82 Å². The van der Waals surface area contributed by atoms with Crippen LogP contribution in [0.2, 0.25) is 0 Å². The third kappa shape index (κ3) is 2.25. The molecule has 0 aliphatic rings. The zero-order valence-electron chi connectivity index (χ0n) is 10.1. The molecule has 0 aromatic carbocycles. The fraction of sp³-hybridized carbons (Fsp3) is 0.0833. The molecular formula is C12H11N5O2. The molecule has 3 heterocycles. The van der Waals surface area contributed by atoms with Gasteiger partial charge in [-0.05, 0) is 12.1 Å². The second-order valence-electron chi connectivity index (χ2n) is 3.97. The van der Waals surface area contributed by atoms with Crippen LogP contribution in [0.5, 0.6) is 0 Å². The van der Waals surface area contributed by atoms with Gasteiger partial charge < -0.3 is 9.73 Å². The Balaban J connectivity index is 1.77. The molecule has 3 aromatic rings.